The number of morpholine rings is 1. The number of nitrogens with one attached hydrogen (secondary N) is 1. The molecule has 0 aromatic heterocycles. The summed E-state index contributed by atoms with van der Waals surface area (Å²) >= 11 is 1.58. The maximum atomic E-state index is 12.3. The Balaban J connectivity index is 1.44. The normalized spacial score (nSPS) is 16.2. The average molecular weight is 371 g/mol. The zero-order valence-electron chi connectivity index (χ0n) is 15.2. The van der Waals surface area contributed by atoms with E-state index in [1.54, 1.807) is 11.8 Å². The summed E-state index contributed by atoms with van der Waals surface area (Å²) < 4.78 is 5.38. The second kappa shape index (κ2) is 9.76. The van der Waals surface area contributed by atoms with Crippen molar-refractivity contribution in [2.45, 2.75) is 30.2 Å². The summed E-state index contributed by atoms with van der Waals surface area (Å²) in [7, 11) is 0. The van der Waals surface area contributed by atoms with Crippen LogP contribution in [-0.2, 0) is 22.6 Å². The van der Waals surface area contributed by atoms with E-state index in [1.165, 1.54) is 5.56 Å². The first-order valence-electron chi connectivity index (χ1n) is 9.08. The molecule has 1 fully saturated rings. The van der Waals surface area contributed by atoms with Gasteiger partial charge in [-0.05, 0) is 30.2 Å². The second-order valence-corrected chi connectivity index (χ2v) is 7.91. The van der Waals surface area contributed by atoms with Crippen LogP contribution in [0.1, 0.15) is 18.1 Å². The fourth-order valence-electron chi connectivity index (χ4n) is 2.87. The molecule has 0 spiro atoms. The molecule has 0 aliphatic carbocycles. The van der Waals surface area contributed by atoms with E-state index in [2.05, 4.69) is 34.5 Å². The molecule has 1 amide bonds. The molecule has 5 heteroatoms. The monoisotopic (exact) mass is 370 g/mol. The summed E-state index contributed by atoms with van der Waals surface area (Å²) in [5.74, 6) is 0.0660. The van der Waals surface area contributed by atoms with Gasteiger partial charge >= 0.3 is 0 Å². The summed E-state index contributed by atoms with van der Waals surface area (Å²) in [5.41, 5.74) is 2.43. The van der Waals surface area contributed by atoms with Crippen LogP contribution in [0.15, 0.2) is 59.5 Å². The number of hydrogen-bond donors (Lipinski definition) is 1. The Morgan fingerprint density at radius 2 is 1.73 bits per heavy atom. The average Bonchev–Trinajstić information content (AvgIpc) is 2.69. The lowest BCUT2D eigenvalue weighted by atomic mass is 10.1. The van der Waals surface area contributed by atoms with Crippen LogP contribution in [0.3, 0.4) is 0 Å². The Hall–Kier alpha value is -1.82. The van der Waals surface area contributed by atoms with Gasteiger partial charge < -0.3 is 10.1 Å². The van der Waals surface area contributed by atoms with Crippen LogP contribution >= 0.6 is 11.8 Å². The molecule has 1 heterocycles. The van der Waals surface area contributed by atoms with Gasteiger partial charge in [0.2, 0.25) is 5.91 Å². The molecular weight excluding hydrogens is 344 g/mol. The number of rotatable bonds is 7. The van der Waals surface area contributed by atoms with E-state index in [-0.39, 0.29) is 11.2 Å². The molecule has 1 aliphatic rings. The minimum atomic E-state index is -0.113. The third-order valence-corrected chi connectivity index (χ3v) is 5.54. The predicted octanol–water partition coefficient (Wildman–Crippen LogP) is 3.32. The quantitative estimate of drug-likeness (QED) is 0.759. The molecule has 4 nitrogen and oxygen atoms in total. The standard InChI is InChI=1S/C21H26N2O2S/c1-17(26-20-5-3-2-4-6-20)21(24)22-15-18-7-9-19(10-8-18)16-23-11-13-25-14-12-23/h2-10,17H,11-16H2,1H3,(H,22,24)/t17-/m0/s1. The lowest BCUT2D eigenvalue weighted by Gasteiger charge is -2.26. The number of thioether (sulfide) groups is 1. The second-order valence-electron chi connectivity index (χ2n) is 6.50. The van der Waals surface area contributed by atoms with Crippen LogP contribution in [0.4, 0.5) is 0 Å². The maximum Gasteiger partial charge on any atom is 0.233 e. The van der Waals surface area contributed by atoms with Gasteiger partial charge in [-0.1, -0.05) is 42.5 Å². The highest BCUT2D eigenvalue weighted by molar-refractivity contribution is 8.00. The van der Waals surface area contributed by atoms with Crippen LogP contribution < -0.4 is 5.32 Å². The van der Waals surface area contributed by atoms with Gasteiger partial charge in [0.05, 0.1) is 18.5 Å². The van der Waals surface area contributed by atoms with Crippen molar-refractivity contribution < 1.29 is 9.53 Å². The highest BCUT2D eigenvalue weighted by atomic mass is 32.2. The molecular formula is C21H26N2O2S. The molecule has 2 aromatic rings. The first-order chi connectivity index (χ1) is 12.7. The van der Waals surface area contributed by atoms with Gasteiger partial charge in [-0.25, -0.2) is 0 Å². The van der Waals surface area contributed by atoms with Gasteiger partial charge in [0.1, 0.15) is 0 Å². The molecule has 3 rings (SSSR count). The van der Waals surface area contributed by atoms with Crippen molar-refractivity contribution in [2.24, 2.45) is 0 Å². The Kier molecular flexibility index (Phi) is 7.12. The SMILES string of the molecule is C[C@H](Sc1ccccc1)C(=O)NCc1ccc(CN2CCOCC2)cc1. The van der Waals surface area contributed by atoms with Gasteiger partial charge in [0.15, 0.2) is 0 Å². The minimum Gasteiger partial charge on any atom is -0.379 e. The molecule has 1 atom stereocenters. The topological polar surface area (TPSA) is 41.6 Å². The third kappa shape index (κ3) is 5.87. The van der Waals surface area contributed by atoms with Crippen LogP contribution in [0.5, 0.6) is 0 Å². The largest absolute Gasteiger partial charge is 0.379 e. The summed E-state index contributed by atoms with van der Waals surface area (Å²) in [4.78, 5) is 15.8. The lowest BCUT2D eigenvalue weighted by Crippen LogP contribution is -2.35. The predicted molar refractivity (Wildman–Crippen MR) is 106 cm³/mol. The van der Waals surface area contributed by atoms with Crippen LogP contribution in [0.2, 0.25) is 0 Å². The van der Waals surface area contributed by atoms with Crippen molar-refractivity contribution in [3.05, 3.63) is 65.7 Å². The van der Waals surface area contributed by atoms with Crippen LogP contribution in [0.25, 0.3) is 0 Å². The van der Waals surface area contributed by atoms with Crippen LogP contribution in [0, 0.1) is 0 Å². The minimum absolute atomic E-state index is 0.0660. The van der Waals surface area contributed by atoms with E-state index in [9.17, 15) is 4.79 Å². The molecule has 2 aromatic carbocycles. The van der Waals surface area contributed by atoms with Crippen molar-refractivity contribution in [3.8, 4) is 0 Å². The zero-order chi connectivity index (χ0) is 18.2. The highest BCUT2D eigenvalue weighted by Gasteiger charge is 2.14. The van der Waals surface area contributed by atoms with E-state index in [4.69, 9.17) is 4.74 Å². The number of benzene rings is 2. The zero-order valence-corrected chi connectivity index (χ0v) is 16.0. The molecule has 138 valence electrons. The Morgan fingerprint density at radius 1 is 1.08 bits per heavy atom. The highest BCUT2D eigenvalue weighted by Crippen LogP contribution is 2.22. The molecule has 0 saturated carbocycles. The van der Waals surface area contributed by atoms with Crippen molar-refractivity contribution in [1.82, 2.24) is 10.2 Å². The molecule has 0 radical (unpaired) electrons. The van der Waals surface area contributed by atoms with Gasteiger partial charge in [0, 0.05) is 31.1 Å². The third-order valence-electron chi connectivity index (χ3n) is 4.42. The summed E-state index contributed by atoms with van der Waals surface area (Å²) in [6, 6.07) is 18.5. The van der Waals surface area contributed by atoms with Crippen molar-refractivity contribution >= 4 is 17.7 Å². The first kappa shape index (κ1) is 19.0. The number of carbonyl (C=O) groups is 1. The Labute approximate surface area is 159 Å². The van der Waals surface area contributed by atoms with Gasteiger partial charge in [-0.3, -0.25) is 9.69 Å². The van der Waals surface area contributed by atoms with E-state index >= 15 is 0 Å². The lowest BCUT2D eigenvalue weighted by molar-refractivity contribution is -0.120. The van der Waals surface area contributed by atoms with Crippen molar-refractivity contribution in [2.75, 3.05) is 26.3 Å². The molecule has 26 heavy (non-hydrogen) atoms. The first-order valence-corrected chi connectivity index (χ1v) is 9.96. The smallest absolute Gasteiger partial charge is 0.233 e. The Morgan fingerprint density at radius 3 is 2.42 bits per heavy atom. The molecule has 1 saturated heterocycles. The maximum absolute atomic E-state index is 12.3. The summed E-state index contributed by atoms with van der Waals surface area (Å²) in [5, 5.41) is 2.92. The van der Waals surface area contributed by atoms with Crippen molar-refractivity contribution in [1.29, 1.82) is 0 Å². The van der Waals surface area contributed by atoms with Gasteiger partial charge in [0.25, 0.3) is 0 Å². The van der Waals surface area contributed by atoms with Crippen molar-refractivity contribution in [3.63, 3.8) is 0 Å². The van der Waals surface area contributed by atoms with E-state index < -0.39 is 0 Å². The number of hydrogen-bond acceptors (Lipinski definition) is 4. The summed E-state index contributed by atoms with van der Waals surface area (Å²) in [6.07, 6.45) is 0. The molecule has 1 aliphatic heterocycles. The van der Waals surface area contributed by atoms with Gasteiger partial charge in [-0.15, -0.1) is 11.8 Å². The Bertz CT molecular complexity index is 685. The fourth-order valence-corrected chi connectivity index (χ4v) is 3.78. The van der Waals surface area contributed by atoms with E-state index in [0.29, 0.717) is 6.54 Å². The number of carbonyl (C=O) groups excluding carboxylic acids is 1. The molecule has 1 N–H and O–H groups in total. The number of nitrogens with zero attached hydrogens (tertiary/aromatic N) is 1. The van der Waals surface area contributed by atoms with Crippen LogP contribution in [-0.4, -0.2) is 42.4 Å². The van der Waals surface area contributed by atoms with Gasteiger partial charge in [-0.2, -0.15) is 0 Å². The summed E-state index contributed by atoms with van der Waals surface area (Å²) in [6.45, 7) is 7.10. The van der Waals surface area contributed by atoms with E-state index in [1.807, 2.05) is 37.3 Å². The van der Waals surface area contributed by atoms with E-state index in [0.717, 1.165) is 43.3 Å². The number of amides is 1. The number of ether oxygens (including phenoxy) is 1. The fraction of sp³-hybridized carbons (Fsp3) is 0.381. The molecule has 0 bridgehead atoms. The molecule has 0 unspecified atom stereocenters.